The Morgan fingerprint density at radius 1 is 1.17 bits per heavy atom. The van der Waals surface area contributed by atoms with Gasteiger partial charge in [0.2, 0.25) is 0 Å². The van der Waals surface area contributed by atoms with Crippen LogP contribution in [-0.2, 0) is 11.3 Å². The topological polar surface area (TPSA) is 30.5 Å². The summed E-state index contributed by atoms with van der Waals surface area (Å²) in [5, 5.41) is 3.15. The standard InChI is InChI=1S/C15H23NO2/c1-16-12-13-6-2-5-9-15(13)18-11-10-17-14-7-3-4-8-14/h2,5-6,9,14,16H,3-4,7-8,10-12H2,1H3. The van der Waals surface area contributed by atoms with Crippen molar-refractivity contribution in [2.75, 3.05) is 20.3 Å². The Morgan fingerprint density at radius 3 is 2.72 bits per heavy atom. The van der Waals surface area contributed by atoms with Gasteiger partial charge < -0.3 is 14.8 Å². The van der Waals surface area contributed by atoms with Gasteiger partial charge in [-0.15, -0.1) is 0 Å². The maximum Gasteiger partial charge on any atom is 0.123 e. The fourth-order valence-electron chi connectivity index (χ4n) is 2.40. The number of hydrogen-bond donors (Lipinski definition) is 1. The van der Waals surface area contributed by atoms with Gasteiger partial charge in [0.1, 0.15) is 12.4 Å². The van der Waals surface area contributed by atoms with Gasteiger partial charge in [-0.05, 0) is 26.0 Å². The van der Waals surface area contributed by atoms with Crippen LogP contribution < -0.4 is 10.1 Å². The predicted molar refractivity (Wildman–Crippen MR) is 72.9 cm³/mol. The molecule has 1 fully saturated rings. The molecule has 0 saturated heterocycles. The van der Waals surface area contributed by atoms with Crippen LogP contribution in [0.2, 0.25) is 0 Å². The van der Waals surface area contributed by atoms with E-state index in [1.54, 1.807) is 0 Å². The highest BCUT2D eigenvalue weighted by Gasteiger charge is 2.14. The van der Waals surface area contributed by atoms with E-state index >= 15 is 0 Å². The first-order valence-electron chi connectivity index (χ1n) is 6.87. The molecule has 3 heteroatoms. The van der Waals surface area contributed by atoms with Gasteiger partial charge >= 0.3 is 0 Å². The van der Waals surface area contributed by atoms with Crippen LogP contribution in [0.25, 0.3) is 0 Å². The van der Waals surface area contributed by atoms with Crippen LogP contribution in [0.15, 0.2) is 24.3 Å². The first kappa shape index (κ1) is 13.4. The van der Waals surface area contributed by atoms with Crippen molar-refractivity contribution in [2.24, 2.45) is 0 Å². The second-order valence-electron chi connectivity index (χ2n) is 4.76. The number of para-hydroxylation sites is 1. The van der Waals surface area contributed by atoms with E-state index in [-0.39, 0.29) is 0 Å². The predicted octanol–water partition coefficient (Wildman–Crippen LogP) is 2.74. The smallest absolute Gasteiger partial charge is 0.123 e. The van der Waals surface area contributed by atoms with Crippen molar-refractivity contribution in [3.63, 3.8) is 0 Å². The summed E-state index contributed by atoms with van der Waals surface area (Å²) in [7, 11) is 1.94. The Hall–Kier alpha value is -1.06. The summed E-state index contributed by atoms with van der Waals surface area (Å²) in [6.45, 7) is 2.16. The van der Waals surface area contributed by atoms with Crippen molar-refractivity contribution >= 4 is 0 Å². The minimum atomic E-state index is 0.473. The second-order valence-corrected chi connectivity index (χ2v) is 4.76. The second kappa shape index (κ2) is 7.39. The highest BCUT2D eigenvalue weighted by atomic mass is 16.5. The number of rotatable bonds is 7. The van der Waals surface area contributed by atoms with Crippen LogP contribution in [0, 0.1) is 0 Å². The van der Waals surface area contributed by atoms with Crippen molar-refractivity contribution in [3.8, 4) is 5.75 Å². The van der Waals surface area contributed by atoms with E-state index in [0.29, 0.717) is 19.3 Å². The molecule has 1 saturated carbocycles. The van der Waals surface area contributed by atoms with Crippen LogP contribution in [0.4, 0.5) is 0 Å². The minimum absolute atomic E-state index is 0.473. The Morgan fingerprint density at radius 2 is 1.94 bits per heavy atom. The van der Waals surface area contributed by atoms with E-state index in [2.05, 4.69) is 11.4 Å². The lowest BCUT2D eigenvalue weighted by molar-refractivity contribution is 0.0380. The molecule has 0 aromatic heterocycles. The number of benzene rings is 1. The van der Waals surface area contributed by atoms with E-state index in [1.165, 1.54) is 31.2 Å². The lowest BCUT2D eigenvalue weighted by Crippen LogP contribution is -2.15. The molecule has 0 amide bonds. The van der Waals surface area contributed by atoms with Crippen molar-refractivity contribution in [1.29, 1.82) is 0 Å². The molecule has 0 unspecified atom stereocenters. The van der Waals surface area contributed by atoms with Gasteiger partial charge in [-0.3, -0.25) is 0 Å². The van der Waals surface area contributed by atoms with Gasteiger partial charge in [0.25, 0.3) is 0 Å². The molecule has 3 nitrogen and oxygen atoms in total. The summed E-state index contributed by atoms with van der Waals surface area (Å²) in [5.74, 6) is 0.960. The van der Waals surface area contributed by atoms with Crippen molar-refractivity contribution in [1.82, 2.24) is 5.32 Å². The molecule has 1 aromatic carbocycles. The van der Waals surface area contributed by atoms with Crippen molar-refractivity contribution in [3.05, 3.63) is 29.8 Å². The fourth-order valence-corrected chi connectivity index (χ4v) is 2.40. The molecule has 1 N–H and O–H groups in total. The summed E-state index contributed by atoms with van der Waals surface area (Å²) in [6.07, 6.45) is 5.54. The molecule has 0 spiro atoms. The first-order chi connectivity index (χ1) is 8.90. The van der Waals surface area contributed by atoms with Gasteiger partial charge in [-0.2, -0.15) is 0 Å². The van der Waals surface area contributed by atoms with Gasteiger partial charge in [0.15, 0.2) is 0 Å². The lowest BCUT2D eigenvalue weighted by atomic mass is 10.2. The van der Waals surface area contributed by atoms with Crippen LogP contribution >= 0.6 is 0 Å². The van der Waals surface area contributed by atoms with E-state index < -0.39 is 0 Å². The van der Waals surface area contributed by atoms with Gasteiger partial charge in [-0.1, -0.05) is 31.0 Å². The molecule has 0 aliphatic heterocycles. The third kappa shape index (κ3) is 4.00. The molecule has 18 heavy (non-hydrogen) atoms. The van der Waals surface area contributed by atoms with Crippen molar-refractivity contribution in [2.45, 2.75) is 38.3 Å². The number of hydrogen-bond acceptors (Lipinski definition) is 3. The monoisotopic (exact) mass is 249 g/mol. The molecular weight excluding hydrogens is 226 g/mol. The van der Waals surface area contributed by atoms with E-state index in [9.17, 15) is 0 Å². The van der Waals surface area contributed by atoms with Gasteiger partial charge in [0, 0.05) is 12.1 Å². The molecule has 0 heterocycles. The average molecular weight is 249 g/mol. The van der Waals surface area contributed by atoms with Gasteiger partial charge in [0.05, 0.1) is 12.7 Å². The van der Waals surface area contributed by atoms with Crippen LogP contribution in [0.1, 0.15) is 31.2 Å². The Labute approximate surface area is 109 Å². The fraction of sp³-hybridized carbons (Fsp3) is 0.600. The quantitative estimate of drug-likeness (QED) is 0.754. The molecule has 0 radical (unpaired) electrons. The zero-order valence-corrected chi connectivity index (χ0v) is 11.2. The van der Waals surface area contributed by atoms with Gasteiger partial charge in [-0.25, -0.2) is 0 Å². The van der Waals surface area contributed by atoms with Crippen LogP contribution in [-0.4, -0.2) is 26.4 Å². The Bertz CT molecular complexity index is 348. The molecule has 0 bridgehead atoms. The SMILES string of the molecule is CNCc1ccccc1OCCOC1CCCC1. The molecule has 2 rings (SSSR count). The normalized spacial score (nSPS) is 16.1. The average Bonchev–Trinajstić information content (AvgIpc) is 2.90. The Kier molecular flexibility index (Phi) is 5.49. The minimum Gasteiger partial charge on any atom is -0.491 e. The van der Waals surface area contributed by atoms with Crippen LogP contribution in [0.5, 0.6) is 5.75 Å². The third-order valence-electron chi connectivity index (χ3n) is 3.34. The highest BCUT2D eigenvalue weighted by molar-refractivity contribution is 5.33. The van der Waals surface area contributed by atoms with Crippen molar-refractivity contribution < 1.29 is 9.47 Å². The highest BCUT2D eigenvalue weighted by Crippen LogP contribution is 2.21. The zero-order chi connectivity index (χ0) is 12.6. The number of ether oxygens (including phenoxy) is 2. The molecule has 100 valence electrons. The molecule has 1 aromatic rings. The lowest BCUT2D eigenvalue weighted by Gasteiger charge is -2.13. The third-order valence-corrected chi connectivity index (χ3v) is 3.34. The van der Waals surface area contributed by atoms with E-state index in [1.807, 2.05) is 25.2 Å². The largest absolute Gasteiger partial charge is 0.491 e. The zero-order valence-electron chi connectivity index (χ0n) is 11.2. The molecule has 1 aliphatic rings. The molecular formula is C15H23NO2. The first-order valence-corrected chi connectivity index (χ1v) is 6.87. The summed E-state index contributed by atoms with van der Waals surface area (Å²) >= 11 is 0. The maximum absolute atomic E-state index is 5.78. The number of nitrogens with one attached hydrogen (secondary N) is 1. The summed E-state index contributed by atoms with van der Waals surface area (Å²) in [5.41, 5.74) is 1.20. The Balaban J connectivity index is 1.72. The molecule has 1 aliphatic carbocycles. The molecule has 0 atom stereocenters. The summed E-state index contributed by atoms with van der Waals surface area (Å²) in [6, 6.07) is 8.15. The van der Waals surface area contributed by atoms with E-state index in [4.69, 9.17) is 9.47 Å². The summed E-state index contributed by atoms with van der Waals surface area (Å²) < 4.78 is 11.6. The maximum atomic E-state index is 5.78. The summed E-state index contributed by atoms with van der Waals surface area (Å²) in [4.78, 5) is 0. The van der Waals surface area contributed by atoms with E-state index in [0.717, 1.165) is 12.3 Å². The van der Waals surface area contributed by atoms with Crippen LogP contribution in [0.3, 0.4) is 0 Å².